The fourth-order valence-corrected chi connectivity index (χ4v) is 3.81. The summed E-state index contributed by atoms with van der Waals surface area (Å²) in [7, 11) is 5.62. The van der Waals surface area contributed by atoms with Crippen molar-refractivity contribution >= 4 is 34.5 Å². The van der Waals surface area contributed by atoms with Crippen molar-refractivity contribution in [2.75, 3.05) is 33.8 Å². The second kappa shape index (κ2) is 11.0. The van der Waals surface area contributed by atoms with E-state index in [0.717, 1.165) is 5.56 Å². The van der Waals surface area contributed by atoms with E-state index in [1.807, 2.05) is 11.4 Å². The molecule has 1 heterocycles. The molecule has 0 unspecified atom stereocenters. The molecule has 2 aromatic carbocycles. The lowest BCUT2D eigenvalue weighted by molar-refractivity contribution is 0.0587. The summed E-state index contributed by atoms with van der Waals surface area (Å²) in [5.41, 5.74) is 2.38. The van der Waals surface area contributed by atoms with E-state index in [1.165, 1.54) is 50.0 Å². The Morgan fingerprint density at radius 3 is 2.38 bits per heavy atom. The number of carbonyl (C=O) groups is 2. The highest BCUT2D eigenvalue weighted by atomic mass is 32.1. The van der Waals surface area contributed by atoms with Gasteiger partial charge in [0.15, 0.2) is 11.5 Å². The summed E-state index contributed by atoms with van der Waals surface area (Å²) in [6, 6.07) is 11.9. The number of hydrogen-bond donors (Lipinski definition) is 1. The van der Waals surface area contributed by atoms with Crippen molar-refractivity contribution in [1.82, 2.24) is 4.98 Å². The number of esters is 2. The average Bonchev–Trinajstić information content (AvgIpc) is 3.37. The Morgan fingerprint density at radius 2 is 1.74 bits per heavy atom. The number of rotatable bonds is 8. The normalized spacial score (nSPS) is 10.7. The number of hydrogen-bond acceptors (Lipinski definition) is 10. The maximum Gasteiger partial charge on any atom is 0.339 e. The number of methoxy groups -OCH3 is 4. The third-order valence-electron chi connectivity index (χ3n) is 4.75. The molecule has 3 rings (SSSR count). The van der Waals surface area contributed by atoms with Crippen molar-refractivity contribution in [2.45, 2.75) is 0 Å². The first kappa shape index (κ1) is 24.3. The predicted molar refractivity (Wildman–Crippen MR) is 127 cm³/mol. The molecule has 1 aromatic heterocycles. The number of nitrogens with one attached hydrogen (secondary N) is 1. The van der Waals surface area contributed by atoms with Gasteiger partial charge in [-0.25, -0.2) is 14.6 Å². The van der Waals surface area contributed by atoms with Crippen LogP contribution < -0.4 is 14.8 Å². The highest BCUT2D eigenvalue weighted by molar-refractivity contribution is 7.11. The van der Waals surface area contributed by atoms with Gasteiger partial charge in [0, 0.05) is 17.1 Å². The number of anilines is 1. The summed E-state index contributed by atoms with van der Waals surface area (Å²) in [6.07, 6.45) is 1.42. The minimum atomic E-state index is -0.601. The van der Waals surface area contributed by atoms with Gasteiger partial charge in [-0.3, -0.25) is 0 Å². The highest BCUT2D eigenvalue weighted by Crippen LogP contribution is 2.33. The standard InChI is InChI=1S/C24H21N3O6S/c1-30-20-8-6-14(10-21(20)31-2)19-13-34-22(27-19)16(11-25)12-26-18-9-15(23(28)32-3)5-7-17(18)24(29)33-4/h5-10,12-13,26H,1-4H3. The molecule has 34 heavy (non-hydrogen) atoms. The van der Waals surface area contributed by atoms with E-state index in [2.05, 4.69) is 16.4 Å². The van der Waals surface area contributed by atoms with Gasteiger partial charge in [-0.15, -0.1) is 11.3 Å². The van der Waals surface area contributed by atoms with E-state index in [4.69, 9.17) is 18.9 Å². The summed E-state index contributed by atoms with van der Waals surface area (Å²) in [5, 5.41) is 14.9. The van der Waals surface area contributed by atoms with Gasteiger partial charge in [0.05, 0.1) is 50.9 Å². The molecular weight excluding hydrogens is 458 g/mol. The minimum Gasteiger partial charge on any atom is -0.493 e. The second-order valence-corrected chi connectivity index (χ2v) is 7.52. The van der Waals surface area contributed by atoms with Gasteiger partial charge in [-0.05, 0) is 36.4 Å². The fourth-order valence-electron chi connectivity index (χ4n) is 3.01. The minimum absolute atomic E-state index is 0.189. The average molecular weight is 480 g/mol. The van der Waals surface area contributed by atoms with Crippen molar-refractivity contribution in [2.24, 2.45) is 0 Å². The molecule has 0 aliphatic heterocycles. The zero-order chi connectivity index (χ0) is 24.7. The lowest BCUT2D eigenvalue weighted by Crippen LogP contribution is -2.08. The van der Waals surface area contributed by atoms with Crippen LogP contribution in [0, 0.1) is 11.3 Å². The molecule has 0 aliphatic carbocycles. The van der Waals surface area contributed by atoms with Crippen molar-refractivity contribution in [1.29, 1.82) is 5.26 Å². The van der Waals surface area contributed by atoms with Gasteiger partial charge in [-0.1, -0.05) is 0 Å². The lowest BCUT2D eigenvalue weighted by Gasteiger charge is -2.10. The Morgan fingerprint density at radius 1 is 1.00 bits per heavy atom. The quantitative estimate of drug-likeness (QED) is 0.371. The molecule has 3 aromatic rings. The fraction of sp³-hybridized carbons (Fsp3) is 0.167. The van der Waals surface area contributed by atoms with Crippen LogP contribution in [0.4, 0.5) is 5.69 Å². The van der Waals surface area contributed by atoms with Crippen LogP contribution in [0.1, 0.15) is 25.7 Å². The van der Waals surface area contributed by atoms with Gasteiger partial charge in [0.25, 0.3) is 0 Å². The summed E-state index contributed by atoms with van der Waals surface area (Å²) >= 11 is 1.28. The first-order valence-electron chi connectivity index (χ1n) is 9.81. The largest absolute Gasteiger partial charge is 0.493 e. The van der Waals surface area contributed by atoms with Gasteiger partial charge < -0.3 is 24.3 Å². The van der Waals surface area contributed by atoms with Crippen molar-refractivity contribution in [3.8, 4) is 28.8 Å². The SMILES string of the molecule is COC(=O)c1ccc(C(=O)OC)c(NC=C(C#N)c2nc(-c3ccc(OC)c(OC)c3)cs2)c1. The highest BCUT2D eigenvalue weighted by Gasteiger charge is 2.16. The Kier molecular flexibility index (Phi) is 7.84. The number of thiazole rings is 1. The Hall–Kier alpha value is -4.36. The monoisotopic (exact) mass is 479 g/mol. The number of carbonyl (C=O) groups excluding carboxylic acids is 2. The topological polar surface area (TPSA) is 120 Å². The molecule has 9 nitrogen and oxygen atoms in total. The molecule has 0 fully saturated rings. The first-order chi connectivity index (χ1) is 16.4. The van der Waals surface area contributed by atoms with E-state index in [9.17, 15) is 14.9 Å². The Balaban J connectivity index is 1.93. The molecular formula is C24H21N3O6S. The molecule has 0 spiro atoms. The Labute approximate surface area is 200 Å². The smallest absolute Gasteiger partial charge is 0.339 e. The molecule has 0 bridgehead atoms. The van der Waals surface area contributed by atoms with Crippen molar-refractivity contribution in [3.05, 3.63) is 64.1 Å². The molecule has 0 saturated carbocycles. The molecule has 174 valence electrons. The molecule has 0 saturated heterocycles. The predicted octanol–water partition coefficient (Wildman–Crippen LogP) is 4.38. The first-order valence-corrected chi connectivity index (χ1v) is 10.7. The maximum atomic E-state index is 12.1. The number of nitriles is 1. The van der Waals surface area contributed by atoms with Crippen LogP contribution >= 0.6 is 11.3 Å². The van der Waals surface area contributed by atoms with Crippen LogP contribution in [0.25, 0.3) is 16.8 Å². The van der Waals surface area contributed by atoms with E-state index < -0.39 is 11.9 Å². The number of aromatic nitrogens is 1. The third kappa shape index (κ3) is 5.16. The number of allylic oxidation sites excluding steroid dienone is 1. The van der Waals surface area contributed by atoms with E-state index in [-0.39, 0.29) is 22.4 Å². The van der Waals surface area contributed by atoms with Crippen LogP contribution in [0.5, 0.6) is 11.5 Å². The molecule has 1 N–H and O–H groups in total. The second-order valence-electron chi connectivity index (χ2n) is 6.67. The summed E-state index contributed by atoms with van der Waals surface area (Å²) < 4.78 is 20.1. The van der Waals surface area contributed by atoms with Crippen LogP contribution in [0.3, 0.4) is 0 Å². The molecule has 0 amide bonds. The van der Waals surface area contributed by atoms with Crippen LogP contribution in [0.15, 0.2) is 48.0 Å². The van der Waals surface area contributed by atoms with Crippen LogP contribution in [-0.4, -0.2) is 45.4 Å². The lowest BCUT2D eigenvalue weighted by atomic mass is 10.1. The van der Waals surface area contributed by atoms with Crippen molar-refractivity contribution in [3.63, 3.8) is 0 Å². The number of ether oxygens (including phenoxy) is 4. The van der Waals surface area contributed by atoms with Crippen LogP contribution in [-0.2, 0) is 9.47 Å². The summed E-state index contributed by atoms with van der Waals surface area (Å²) in [5.74, 6) is -0.00792. The third-order valence-corrected chi connectivity index (χ3v) is 5.63. The molecule has 10 heteroatoms. The Bertz CT molecular complexity index is 1290. The van der Waals surface area contributed by atoms with E-state index in [0.29, 0.717) is 22.2 Å². The van der Waals surface area contributed by atoms with E-state index >= 15 is 0 Å². The molecule has 0 aliphatic rings. The van der Waals surface area contributed by atoms with Gasteiger partial charge >= 0.3 is 11.9 Å². The number of nitrogens with zero attached hydrogens (tertiary/aromatic N) is 2. The zero-order valence-corrected chi connectivity index (χ0v) is 19.7. The van der Waals surface area contributed by atoms with Gasteiger partial charge in [0.2, 0.25) is 0 Å². The summed E-state index contributed by atoms with van der Waals surface area (Å²) in [6.45, 7) is 0. The van der Waals surface area contributed by atoms with Crippen LogP contribution in [0.2, 0.25) is 0 Å². The summed E-state index contributed by atoms with van der Waals surface area (Å²) in [4.78, 5) is 28.6. The van der Waals surface area contributed by atoms with E-state index in [1.54, 1.807) is 26.4 Å². The molecule has 0 atom stereocenters. The van der Waals surface area contributed by atoms with Gasteiger partial charge in [-0.2, -0.15) is 5.26 Å². The van der Waals surface area contributed by atoms with Crippen molar-refractivity contribution < 1.29 is 28.5 Å². The maximum absolute atomic E-state index is 12.1. The molecule has 0 radical (unpaired) electrons. The number of benzene rings is 2. The zero-order valence-electron chi connectivity index (χ0n) is 18.9. The van der Waals surface area contributed by atoms with Gasteiger partial charge in [0.1, 0.15) is 16.6 Å².